The summed E-state index contributed by atoms with van der Waals surface area (Å²) in [7, 11) is 0. The summed E-state index contributed by atoms with van der Waals surface area (Å²) in [6, 6.07) is 14.6. The second-order valence-electron chi connectivity index (χ2n) is 5.63. The summed E-state index contributed by atoms with van der Waals surface area (Å²) in [6.07, 6.45) is -0.521. The number of carbonyl (C=O) groups excluding carboxylic acids is 1. The first kappa shape index (κ1) is 15.2. The fourth-order valence-electron chi connectivity index (χ4n) is 2.51. The molecule has 0 saturated heterocycles. The molecule has 2 heterocycles. The Morgan fingerprint density at radius 1 is 1.12 bits per heavy atom. The van der Waals surface area contributed by atoms with Crippen LogP contribution in [0.1, 0.15) is 27.9 Å². The third kappa shape index (κ3) is 3.16. The zero-order valence-electron chi connectivity index (χ0n) is 13.4. The Hall–Kier alpha value is -3.35. The zero-order valence-corrected chi connectivity index (χ0v) is 13.4. The highest BCUT2D eigenvalue weighted by molar-refractivity contribution is 6.03. The van der Waals surface area contributed by atoms with Crippen molar-refractivity contribution < 1.29 is 18.7 Å². The Bertz CT molecular complexity index is 922. The number of hydrogen-bond acceptors (Lipinski definition) is 6. The number of benzene rings is 2. The third-order valence-corrected chi connectivity index (χ3v) is 3.73. The lowest BCUT2D eigenvalue weighted by Gasteiger charge is -2.23. The molecule has 4 rings (SSSR count). The Morgan fingerprint density at radius 2 is 1.96 bits per heavy atom. The zero-order chi connectivity index (χ0) is 17.2. The maximum absolute atomic E-state index is 12.2. The van der Waals surface area contributed by atoms with Gasteiger partial charge in [0.05, 0.1) is 0 Å². The van der Waals surface area contributed by atoms with E-state index >= 15 is 0 Å². The first-order valence-electron chi connectivity index (χ1n) is 7.79. The predicted octanol–water partition coefficient (Wildman–Crippen LogP) is 3.14. The van der Waals surface area contributed by atoms with Gasteiger partial charge in [-0.05, 0) is 31.2 Å². The van der Waals surface area contributed by atoms with E-state index in [4.69, 9.17) is 13.9 Å². The summed E-state index contributed by atoms with van der Waals surface area (Å²) >= 11 is 0. The van der Waals surface area contributed by atoms with Gasteiger partial charge in [0.15, 0.2) is 11.5 Å². The molecule has 7 heteroatoms. The molecule has 3 aromatic rings. The number of anilines is 1. The SMILES string of the molecule is Cc1cccc(C(=O)Nc2nnc([C@H]3COc4ccccc4O3)o2)c1. The molecule has 0 fully saturated rings. The Kier molecular flexibility index (Phi) is 3.81. The summed E-state index contributed by atoms with van der Waals surface area (Å²) in [5.41, 5.74) is 1.51. The lowest BCUT2D eigenvalue weighted by Crippen LogP contribution is -2.21. The van der Waals surface area contributed by atoms with Crippen LogP contribution in [0.2, 0.25) is 0 Å². The van der Waals surface area contributed by atoms with E-state index < -0.39 is 6.10 Å². The van der Waals surface area contributed by atoms with E-state index in [9.17, 15) is 4.79 Å². The van der Waals surface area contributed by atoms with Gasteiger partial charge in [-0.1, -0.05) is 34.9 Å². The minimum Gasteiger partial charge on any atom is -0.485 e. The Balaban J connectivity index is 1.47. The first-order chi connectivity index (χ1) is 12.2. The fourth-order valence-corrected chi connectivity index (χ4v) is 2.51. The van der Waals surface area contributed by atoms with Crippen LogP contribution in [-0.2, 0) is 0 Å². The number of ether oxygens (including phenoxy) is 2. The van der Waals surface area contributed by atoms with Crippen LogP contribution in [0.15, 0.2) is 52.9 Å². The Morgan fingerprint density at radius 3 is 2.80 bits per heavy atom. The van der Waals surface area contributed by atoms with Crippen molar-refractivity contribution in [2.24, 2.45) is 0 Å². The van der Waals surface area contributed by atoms with Crippen LogP contribution in [0, 0.1) is 6.92 Å². The Labute approximate surface area is 143 Å². The average Bonchev–Trinajstić information content (AvgIpc) is 3.10. The molecule has 0 bridgehead atoms. The van der Waals surface area contributed by atoms with Gasteiger partial charge >= 0.3 is 6.01 Å². The molecule has 1 aliphatic rings. The second kappa shape index (κ2) is 6.27. The number of aromatic nitrogens is 2. The molecule has 7 nitrogen and oxygen atoms in total. The molecular weight excluding hydrogens is 322 g/mol. The van der Waals surface area contributed by atoms with Crippen molar-refractivity contribution in [1.82, 2.24) is 10.2 Å². The first-order valence-corrected chi connectivity index (χ1v) is 7.79. The molecule has 25 heavy (non-hydrogen) atoms. The summed E-state index contributed by atoms with van der Waals surface area (Å²) < 4.78 is 16.9. The van der Waals surface area contributed by atoms with E-state index in [1.165, 1.54) is 0 Å². The van der Waals surface area contributed by atoms with Crippen LogP contribution in [0.3, 0.4) is 0 Å². The molecule has 0 aliphatic carbocycles. The maximum atomic E-state index is 12.2. The smallest absolute Gasteiger partial charge is 0.322 e. The lowest BCUT2D eigenvalue weighted by molar-refractivity contribution is 0.0716. The second-order valence-corrected chi connectivity index (χ2v) is 5.63. The predicted molar refractivity (Wildman–Crippen MR) is 88.7 cm³/mol. The molecule has 1 aliphatic heterocycles. The topological polar surface area (TPSA) is 86.5 Å². The number of para-hydroxylation sites is 2. The maximum Gasteiger partial charge on any atom is 0.322 e. The summed E-state index contributed by atoms with van der Waals surface area (Å²) in [4.78, 5) is 12.2. The summed E-state index contributed by atoms with van der Waals surface area (Å²) in [5, 5.41) is 10.4. The summed E-state index contributed by atoms with van der Waals surface area (Å²) in [6.45, 7) is 2.17. The minimum atomic E-state index is -0.521. The van der Waals surface area contributed by atoms with Gasteiger partial charge in [0, 0.05) is 5.56 Å². The molecule has 126 valence electrons. The van der Waals surface area contributed by atoms with Gasteiger partial charge in [-0.2, -0.15) is 0 Å². The van der Waals surface area contributed by atoms with Crippen LogP contribution in [0.25, 0.3) is 0 Å². The van der Waals surface area contributed by atoms with Gasteiger partial charge in [0.1, 0.15) is 6.61 Å². The fraction of sp³-hybridized carbons (Fsp3) is 0.167. The molecule has 0 unspecified atom stereocenters. The molecule has 0 spiro atoms. The van der Waals surface area contributed by atoms with Gasteiger partial charge in [-0.25, -0.2) is 0 Å². The molecule has 0 saturated carbocycles. The normalized spacial score (nSPS) is 15.6. The number of nitrogens with zero attached hydrogens (tertiary/aromatic N) is 2. The lowest BCUT2D eigenvalue weighted by atomic mass is 10.1. The largest absolute Gasteiger partial charge is 0.485 e. The highest BCUT2D eigenvalue weighted by atomic mass is 16.6. The molecular formula is C18H15N3O4. The van der Waals surface area contributed by atoms with Crippen molar-refractivity contribution in [2.75, 3.05) is 11.9 Å². The van der Waals surface area contributed by atoms with Crippen molar-refractivity contribution in [3.05, 3.63) is 65.5 Å². The van der Waals surface area contributed by atoms with Crippen LogP contribution >= 0.6 is 0 Å². The molecule has 1 atom stereocenters. The molecule has 1 amide bonds. The number of rotatable bonds is 3. The molecule has 0 radical (unpaired) electrons. The number of nitrogens with one attached hydrogen (secondary N) is 1. The van der Waals surface area contributed by atoms with Gasteiger partial charge in [0.2, 0.25) is 6.10 Å². The highest BCUT2D eigenvalue weighted by Gasteiger charge is 2.27. The number of fused-ring (bicyclic) bond motifs is 1. The molecule has 2 aromatic carbocycles. The average molecular weight is 337 g/mol. The number of amides is 1. The third-order valence-electron chi connectivity index (χ3n) is 3.73. The van der Waals surface area contributed by atoms with Crippen molar-refractivity contribution in [2.45, 2.75) is 13.0 Å². The van der Waals surface area contributed by atoms with E-state index in [1.807, 2.05) is 37.3 Å². The van der Waals surface area contributed by atoms with Gasteiger partial charge in [-0.15, -0.1) is 5.10 Å². The quantitative estimate of drug-likeness (QED) is 0.790. The van der Waals surface area contributed by atoms with Crippen molar-refractivity contribution >= 4 is 11.9 Å². The highest BCUT2D eigenvalue weighted by Crippen LogP contribution is 2.35. The minimum absolute atomic E-state index is 0.0176. The number of carbonyl (C=O) groups is 1. The van der Waals surface area contributed by atoms with Gasteiger partial charge < -0.3 is 13.9 Å². The number of aryl methyl sites for hydroxylation is 1. The van der Waals surface area contributed by atoms with Crippen molar-refractivity contribution in [3.63, 3.8) is 0 Å². The van der Waals surface area contributed by atoms with Crippen LogP contribution in [0.5, 0.6) is 11.5 Å². The van der Waals surface area contributed by atoms with E-state index in [2.05, 4.69) is 15.5 Å². The van der Waals surface area contributed by atoms with E-state index in [0.717, 1.165) is 5.56 Å². The van der Waals surface area contributed by atoms with E-state index in [1.54, 1.807) is 18.2 Å². The monoisotopic (exact) mass is 337 g/mol. The standard InChI is InChI=1S/C18H15N3O4/c1-11-5-4-6-12(9-11)16(22)19-18-21-20-17(25-18)15-10-23-13-7-2-3-8-14(13)24-15/h2-9,15H,10H2,1H3,(H,19,21,22)/t15-/m1/s1. The van der Waals surface area contributed by atoms with Gasteiger partial charge in [0.25, 0.3) is 11.8 Å². The van der Waals surface area contributed by atoms with Crippen LogP contribution in [0.4, 0.5) is 6.01 Å². The molecule has 1 N–H and O–H groups in total. The van der Waals surface area contributed by atoms with Crippen LogP contribution < -0.4 is 14.8 Å². The van der Waals surface area contributed by atoms with Gasteiger partial charge in [-0.3, -0.25) is 10.1 Å². The van der Waals surface area contributed by atoms with E-state index in [-0.39, 0.29) is 24.4 Å². The number of hydrogen-bond donors (Lipinski definition) is 1. The van der Waals surface area contributed by atoms with Crippen molar-refractivity contribution in [1.29, 1.82) is 0 Å². The molecule has 1 aromatic heterocycles. The summed E-state index contributed by atoms with van der Waals surface area (Å²) in [5.74, 6) is 1.22. The van der Waals surface area contributed by atoms with Crippen LogP contribution in [-0.4, -0.2) is 22.7 Å². The van der Waals surface area contributed by atoms with Crippen molar-refractivity contribution in [3.8, 4) is 11.5 Å². The van der Waals surface area contributed by atoms with E-state index in [0.29, 0.717) is 17.1 Å².